The molecule has 0 saturated heterocycles. The molecule has 52 valence electrons. The average molecular weight is 147 g/mol. The lowest BCUT2D eigenvalue weighted by atomic mass is 10.2. The maximum absolute atomic E-state index is 3.64. The minimum absolute atomic E-state index is 0. The fourth-order valence-electron chi connectivity index (χ4n) is 0.415. The number of rotatable bonds is 1. The summed E-state index contributed by atoms with van der Waals surface area (Å²) in [6.45, 7) is 10.7. The van der Waals surface area contributed by atoms with Crippen LogP contribution in [0.5, 0.6) is 0 Å². The molecule has 0 rings (SSSR count). The van der Waals surface area contributed by atoms with Crippen LogP contribution in [-0.2, 0) is 0 Å². The second-order valence-corrected chi connectivity index (χ2v) is 1.83. The monoisotopic (exact) mass is 146 g/mol. The molecule has 0 heterocycles. The van der Waals surface area contributed by atoms with E-state index in [2.05, 4.69) is 23.1 Å². The molecular weight excluding hydrogens is 136 g/mol. The van der Waals surface area contributed by atoms with Gasteiger partial charge in [0.25, 0.3) is 0 Å². The fourth-order valence-corrected chi connectivity index (χ4v) is 0.415. The SMILES string of the molecule is C=NC(=[N+]=C)C(C)C.[Cl-]. The summed E-state index contributed by atoms with van der Waals surface area (Å²) in [7, 11) is 0. The molecule has 0 aromatic carbocycles. The summed E-state index contributed by atoms with van der Waals surface area (Å²) < 4.78 is 3.64. The molecule has 9 heavy (non-hydrogen) atoms. The van der Waals surface area contributed by atoms with E-state index in [0.29, 0.717) is 11.8 Å². The van der Waals surface area contributed by atoms with Gasteiger partial charge in [-0.05, 0) is 18.8 Å². The van der Waals surface area contributed by atoms with Gasteiger partial charge in [0.1, 0.15) is 6.72 Å². The van der Waals surface area contributed by atoms with Crippen LogP contribution in [0.3, 0.4) is 0 Å². The predicted octanol–water partition coefficient (Wildman–Crippen LogP) is -2.49. The van der Waals surface area contributed by atoms with Crippen molar-refractivity contribution in [3.8, 4) is 0 Å². The van der Waals surface area contributed by atoms with E-state index < -0.39 is 0 Å². The van der Waals surface area contributed by atoms with Gasteiger partial charge in [-0.25, -0.2) is 4.67 Å². The van der Waals surface area contributed by atoms with E-state index in [9.17, 15) is 0 Å². The highest BCUT2D eigenvalue weighted by atomic mass is 35.5. The van der Waals surface area contributed by atoms with Crippen LogP contribution in [0.15, 0.2) is 4.99 Å². The maximum Gasteiger partial charge on any atom is 0.390 e. The molecule has 0 aromatic heterocycles. The molecule has 0 bridgehead atoms. The highest BCUT2D eigenvalue weighted by molar-refractivity contribution is 5.87. The van der Waals surface area contributed by atoms with Crippen LogP contribution in [-0.4, -0.2) is 19.3 Å². The molecule has 0 aliphatic rings. The van der Waals surface area contributed by atoms with E-state index in [4.69, 9.17) is 0 Å². The van der Waals surface area contributed by atoms with E-state index in [0.717, 1.165) is 0 Å². The average Bonchev–Trinajstić information content (AvgIpc) is 1.69. The van der Waals surface area contributed by atoms with Crippen LogP contribution < -0.4 is 17.1 Å². The molecule has 0 atom stereocenters. The Morgan fingerprint density at radius 2 is 2.00 bits per heavy atom. The molecule has 3 heteroatoms. The second kappa shape index (κ2) is 5.54. The number of halogens is 1. The number of hydrogen-bond acceptors (Lipinski definition) is 0. The molecule has 2 nitrogen and oxygen atoms in total. The van der Waals surface area contributed by atoms with Crippen LogP contribution in [0.25, 0.3) is 0 Å². The molecule has 0 amide bonds. The lowest BCUT2D eigenvalue weighted by Crippen LogP contribution is -3.00. The van der Waals surface area contributed by atoms with Gasteiger partial charge in [0.15, 0.2) is 6.72 Å². The number of hydrogen-bond donors (Lipinski definition) is 0. The first-order valence-electron chi connectivity index (χ1n) is 2.52. The topological polar surface area (TPSA) is 26.5 Å². The molecule has 0 fully saturated rings. The highest BCUT2D eigenvalue weighted by Crippen LogP contribution is 1.91. The third-order valence-corrected chi connectivity index (χ3v) is 0.840. The minimum Gasteiger partial charge on any atom is -1.00 e. The zero-order valence-corrected chi connectivity index (χ0v) is 6.52. The molecule has 0 aliphatic carbocycles. The summed E-state index contributed by atoms with van der Waals surface area (Å²) >= 11 is 0. The van der Waals surface area contributed by atoms with Crippen molar-refractivity contribution in [1.29, 1.82) is 0 Å². The Hall–Kier alpha value is -0.590. The highest BCUT2D eigenvalue weighted by Gasteiger charge is 2.09. The first-order valence-corrected chi connectivity index (χ1v) is 2.52. The molecule has 0 radical (unpaired) electrons. The number of nitrogens with zero attached hydrogens (tertiary/aromatic N) is 2. The lowest BCUT2D eigenvalue weighted by Gasteiger charge is -1.85. The molecule has 0 aromatic rings. The van der Waals surface area contributed by atoms with Gasteiger partial charge >= 0.3 is 5.84 Å². The zero-order chi connectivity index (χ0) is 6.57. The van der Waals surface area contributed by atoms with Gasteiger partial charge in [-0.1, -0.05) is 0 Å². The lowest BCUT2D eigenvalue weighted by molar-refractivity contribution is -0.00000191. The van der Waals surface area contributed by atoms with Crippen molar-refractivity contribution < 1.29 is 12.4 Å². The van der Waals surface area contributed by atoms with Crippen LogP contribution in [0.4, 0.5) is 0 Å². The standard InChI is InChI=1S/C6H11N2.ClH/c1-5(2)6(7-3)8-4;/h5H,3-4H2,1-2H3;1H/q+1;/p-1. The summed E-state index contributed by atoms with van der Waals surface area (Å²) in [5.74, 6) is 1.05. The molecule has 0 saturated carbocycles. The normalized spacial score (nSPS) is 7.44. The Bertz CT molecular complexity index is 134. The first-order chi connectivity index (χ1) is 3.72. The van der Waals surface area contributed by atoms with Crippen molar-refractivity contribution in [3.63, 3.8) is 0 Å². The zero-order valence-electron chi connectivity index (χ0n) is 5.76. The summed E-state index contributed by atoms with van der Waals surface area (Å²) in [5.41, 5.74) is 0. The van der Waals surface area contributed by atoms with Crippen LogP contribution in [0.2, 0.25) is 0 Å². The summed E-state index contributed by atoms with van der Waals surface area (Å²) in [6, 6.07) is 0. The Morgan fingerprint density at radius 1 is 1.56 bits per heavy atom. The van der Waals surface area contributed by atoms with Gasteiger partial charge in [-0.15, -0.1) is 0 Å². The van der Waals surface area contributed by atoms with Crippen molar-refractivity contribution in [2.24, 2.45) is 10.9 Å². The molecule has 0 spiro atoms. The molecule has 0 N–H and O–H groups in total. The van der Waals surface area contributed by atoms with Gasteiger partial charge in [-0.2, -0.15) is 0 Å². The second-order valence-electron chi connectivity index (χ2n) is 1.83. The van der Waals surface area contributed by atoms with E-state index >= 15 is 0 Å². The van der Waals surface area contributed by atoms with Crippen molar-refractivity contribution >= 4 is 19.3 Å². The van der Waals surface area contributed by atoms with Crippen molar-refractivity contribution in [1.82, 2.24) is 4.67 Å². The molecular formula is C6H11ClN2. The van der Waals surface area contributed by atoms with Crippen LogP contribution in [0, 0.1) is 5.92 Å². The Morgan fingerprint density at radius 3 is 2.00 bits per heavy atom. The Labute approximate surface area is 61.9 Å². The van der Waals surface area contributed by atoms with E-state index in [1.54, 1.807) is 0 Å². The van der Waals surface area contributed by atoms with Gasteiger partial charge in [0.05, 0.1) is 5.92 Å². The van der Waals surface area contributed by atoms with E-state index in [1.165, 1.54) is 0 Å². The fraction of sp³-hybridized carbons (Fsp3) is 0.500. The smallest absolute Gasteiger partial charge is 0.390 e. The Kier molecular flexibility index (Phi) is 6.92. The number of amidine groups is 1. The summed E-state index contributed by atoms with van der Waals surface area (Å²) in [6.07, 6.45) is 0. The van der Waals surface area contributed by atoms with Crippen LogP contribution >= 0.6 is 0 Å². The first kappa shape index (κ1) is 11.2. The third kappa shape index (κ3) is 3.95. The number of aliphatic imine (C=N–C) groups is 1. The molecule has 0 aliphatic heterocycles. The van der Waals surface area contributed by atoms with E-state index in [1.807, 2.05) is 13.8 Å². The summed E-state index contributed by atoms with van der Waals surface area (Å²) in [5, 5.41) is 0. The van der Waals surface area contributed by atoms with E-state index in [-0.39, 0.29) is 12.4 Å². The summed E-state index contributed by atoms with van der Waals surface area (Å²) in [4.78, 5) is 3.64. The molecule has 0 unspecified atom stereocenters. The minimum atomic E-state index is 0. The van der Waals surface area contributed by atoms with Crippen molar-refractivity contribution in [3.05, 3.63) is 0 Å². The predicted molar refractivity (Wildman–Crippen MR) is 38.6 cm³/mol. The van der Waals surface area contributed by atoms with Gasteiger partial charge in [-0.3, -0.25) is 0 Å². The van der Waals surface area contributed by atoms with Gasteiger partial charge in [0.2, 0.25) is 0 Å². The van der Waals surface area contributed by atoms with Gasteiger partial charge < -0.3 is 12.4 Å². The largest absolute Gasteiger partial charge is 1.00 e. The van der Waals surface area contributed by atoms with Crippen molar-refractivity contribution in [2.75, 3.05) is 0 Å². The third-order valence-electron chi connectivity index (χ3n) is 0.840. The van der Waals surface area contributed by atoms with Crippen molar-refractivity contribution in [2.45, 2.75) is 13.8 Å². The Balaban J connectivity index is 0. The maximum atomic E-state index is 3.64. The van der Waals surface area contributed by atoms with Crippen LogP contribution in [0.1, 0.15) is 13.8 Å². The quantitative estimate of drug-likeness (QED) is 0.223. The van der Waals surface area contributed by atoms with Gasteiger partial charge in [0, 0.05) is 0 Å².